The van der Waals surface area contributed by atoms with Crippen molar-refractivity contribution in [2.75, 3.05) is 7.11 Å². The highest BCUT2D eigenvalue weighted by Gasteiger charge is 2.24. The molecule has 0 aliphatic rings. The third-order valence-corrected chi connectivity index (χ3v) is 1.92. The van der Waals surface area contributed by atoms with Gasteiger partial charge in [-0.05, 0) is 0 Å². The lowest BCUT2D eigenvalue weighted by atomic mass is 10.0. The molecule has 0 saturated heterocycles. The Morgan fingerprint density at radius 1 is 1.47 bits per heavy atom. The Kier molecular flexibility index (Phi) is 5.84. The molecule has 0 rings (SSSR count). The van der Waals surface area contributed by atoms with E-state index in [2.05, 4.69) is 17.9 Å². The Bertz CT molecular complexity index is 248. The van der Waals surface area contributed by atoms with Crippen molar-refractivity contribution >= 4 is 5.97 Å². The third kappa shape index (κ3) is 4.24. The molecule has 0 aromatic heterocycles. The minimum atomic E-state index is -1.40. The first-order valence-corrected chi connectivity index (χ1v) is 4.36. The van der Waals surface area contributed by atoms with Crippen molar-refractivity contribution in [3.63, 3.8) is 0 Å². The minimum absolute atomic E-state index is 0.0281. The van der Waals surface area contributed by atoms with E-state index in [0.29, 0.717) is 0 Å². The van der Waals surface area contributed by atoms with E-state index in [1.165, 1.54) is 7.11 Å². The lowest BCUT2D eigenvalue weighted by Crippen LogP contribution is -2.36. The second-order valence-electron chi connectivity index (χ2n) is 3.08. The van der Waals surface area contributed by atoms with Crippen LogP contribution in [0, 0.1) is 0 Å². The zero-order valence-electron chi connectivity index (χ0n) is 8.59. The molecule has 0 aliphatic carbocycles. The number of methoxy groups -OCH3 is 1. The molecule has 0 saturated carbocycles. The lowest BCUT2D eigenvalue weighted by Gasteiger charge is -2.20. The Labute approximate surface area is 88.3 Å². The van der Waals surface area contributed by atoms with Crippen LogP contribution < -0.4 is 0 Å². The van der Waals surface area contributed by atoms with Crippen LogP contribution in [-0.2, 0) is 9.53 Å². The molecule has 0 amide bonds. The largest absolute Gasteiger partial charge is 0.466 e. The monoisotopic (exact) mass is 216 g/mol. The van der Waals surface area contributed by atoms with Gasteiger partial charge >= 0.3 is 5.97 Å². The third-order valence-electron chi connectivity index (χ3n) is 1.92. The van der Waals surface area contributed by atoms with E-state index in [0.717, 1.165) is 6.08 Å². The second kappa shape index (κ2) is 6.34. The van der Waals surface area contributed by atoms with E-state index in [4.69, 9.17) is 5.11 Å². The molecule has 5 heteroatoms. The van der Waals surface area contributed by atoms with Gasteiger partial charge in [0.15, 0.2) is 0 Å². The normalized spacial score (nSPS) is 16.3. The van der Waals surface area contributed by atoms with Gasteiger partial charge in [-0.15, -0.1) is 6.58 Å². The van der Waals surface area contributed by atoms with Crippen LogP contribution in [0.1, 0.15) is 6.42 Å². The Hall–Kier alpha value is -1.17. The van der Waals surface area contributed by atoms with Gasteiger partial charge in [0, 0.05) is 12.0 Å². The van der Waals surface area contributed by atoms with Gasteiger partial charge in [-0.3, -0.25) is 0 Å². The van der Waals surface area contributed by atoms with Crippen LogP contribution in [0.4, 0.5) is 0 Å². The smallest absolute Gasteiger partial charge is 0.333 e. The molecule has 86 valence electrons. The summed E-state index contributed by atoms with van der Waals surface area (Å²) in [6.07, 6.45) is -3.01. The van der Waals surface area contributed by atoms with Gasteiger partial charge in [0.05, 0.1) is 13.2 Å². The van der Waals surface area contributed by atoms with Crippen molar-refractivity contribution < 1.29 is 24.9 Å². The summed E-state index contributed by atoms with van der Waals surface area (Å²) in [5.74, 6) is -0.658. The molecule has 0 radical (unpaired) electrons. The Morgan fingerprint density at radius 3 is 2.40 bits per heavy atom. The molecule has 0 bridgehead atoms. The number of aliphatic hydroxyl groups is 3. The Morgan fingerprint density at radius 2 is 2.00 bits per heavy atom. The maximum Gasteiger partial charge on any atom is 0.333 e. The summed E-state index contributed by atoms with van der Waals surface area (Å²) in [6, 6.07) is 0. The summed E-state index contributed by atoms with van der Waals surface area (Å²) < 4.78 is 4.37. The standard InChI is InChI=1S/C10H16O5/c1-4-7(11)9(13)8(12)5-6(2)10(14)15-3/h4,7-9,11-13H,1-2,5H2,3H3/t7-,8-,9+/m1/s1. The number of rotatable bonds is 6. The first kappa shape index (κ1) is 13.8. The molecule has 0 aromatic carbocycles. The minimum Gasteiger partial charge on any atom is -0.466 e. The van der Waals surface area contributed by atoms with Crippen LogP contribution >= 0.6 is 0 Å². The summed E-state index contributed by atoms with van der Waals surface area (Å²) in [7, 11) is 1.19. The van der Waals surface area contributed by atoms with Gasteiger partial charge in [0.1, 0.15) is 12.2 Å². The van der Waals surface area contributed by atoms with Crippen LogP contribution in [0.3, 0.4) is 0 Å². The van der Waals surface area contributed by atoms with Crippen molar-refractivity contribution in [1.29, 1.82) is 0 Å². The summed E-state index contributed by atoms with van der Waals surface area (Å²) >= 11 is 0. The van der Waals surface area contributed by atoms with Gasteiger partial charge in [-0.2, -0.15) is 0 Å². The number of aliphatic hydroxyl groups excluding tert-OH is 3. The maximum absolute atomic E-state index is 10.9. The van der Waals surface area contributed by atoms with Crippen LogP contribution in [0.5, 0.6) is 0 Å². The quantitative estimate of drug-likeness (QED) is 0.313. The van der Waals surface area contributed by atoms with Crippen LogP contribution in [-0.4, -0.2) is 46.7 Å². The highest BCUT2D eigenvalue weighted by molar-refractivity contribution is 5.87. The van der Waals surface area contributed by atoms with Gasteiger partial charge in [-0.1, -0.05) is 12.7 Å². The number of ether oxygens (including phenoxy) is 1. The second-order valence-corrected chi connectivity index (χ2v) is 3.08. The van der Waals surface area contributed by atoms with E-state index in [1.54, 1.807) is 0 Å². The fourth-order valence-corrected chi connectivity index (χ4v) is 0.968. The molecule has 3 atom stereocenters. The van der Waals surface area contributed by atoms with E-state index in [1.807, 2.05) is 0 Å². The molecule has 5 nitrogen and oxygen atoms in total. The number of carbonyl (C=O) groups excluding carboxylic acids is 1. The van der Waals surface area contributed by atoms with Crippen molar-refractivity contribution in [1.82, 2.24) is 0 Å². The molecular formula is C10H16O5. The molecule has 3 N–H and O–H groups in total. The molecular weight excluding hydrogens is 200 g/mol. The molecule has 0 aromatic rings. The van der Waals surface area contributed by atoms with Crippen LogP contribution in [0.15, 0.2) is 24.8 Å². The predicted molar refractivity (Wildman–Crippen MR) is 54.0 cm³/mol. The summed E-state index contributed by atoms with van der Waals surface area (Å²) in [5.41, 5.74) is 0.0281. The predicted octanol–water partition coefficient (Wildman–Crippen LogP) is -0.626. The average Bonchev–Trinajstić information content (AvgIpc) is 2.25. The summed E-state index contributed by atoms with van der Waals surface area (Å²) in [6.45, 7) is 6.64. The highest BCUT2D eigenvalue weighted by atomic mass is 16.5. The van der Waals surface area contributed by atoms with Crippen LogP contribution in [0.2, 0.25) is 0 Å². The molecule has 15 heavy (non-hydrogen) atoms. The molecule has 0 spiro atoms. The van der Waals surface area contributed by atoms with E-state index in [9.17, 15) is 15.0 Å². The number of carbonyl (C=O) groups is 1. The van der Waals surface area contributed by atoms with Crippen molar-refractivity contribution in [2.24, 2.45) is 0 Å². The van der Waals surface area contributed by atoms with Crippen molar-refractivity contribution in [3.8, 4) is 0 Å². The number of hydrogen-bond acceptors (Lipinski definition) is 5. The van der Waals surface area contributed by atoms with Gasteiger partial charge in [0.25, 0.3) is 0 Å². The fraction of sp³-hybridized carbons (Fsp3) is 0.500. The molecule has 0 fully saturated rings. The number of esters is 1. The van der Waals surface area contributed by atoms with Crippen molar-refractivity contribution in [2.45, 2.75) is 24.7 Å². The van der Waals surface area contributed by atoms with E-state index in [-0.39, 0.29) is 12.0 Å². The number of hydrogen-bond donors (Lipinski definition) is 3. The topological polar surface area (TPSA) is 87.0 Å². The first-order chi connectivity index (χ1) is 6.93. The summed E-state index contributed by atoms with van der Waals surface area (Å²) in [5, 5.41) is 27.9. The SMILES string of the molecule is C=C[C@@H](O)[C@H](O)[C@H](O)CC(=C)C(=O)OC. The van der Waals surface area contributed by atoms with E-state index >= 15 is 0 Å². The zero-order valence-corrected chi connectivity index (χ0v) is 8.59. The average molecular weight is 216 g/mol. The Balaban J connectivity index is 4.24. The molecule has 0 unspecified atom stereocenters. The van der Waals surface area contributed by atoms with E-state index < -0.39 is 24.3 Å². The van der Waals surface area contributed by atoms with Gasteiger partial charge < -0.3 is 20.1 Å². The zero-order chi connectivity index (χ0) is 12.0. The first-order valence-electron chi connectivity index (χ1n) is 4.36. The lowest BCUT2D eigenvalue weighted by molar-refractivity contribution is -0.136. The van der Waals surface area contributed by atoms with Crippen molar-refractivity contribution in [3.05, 3.63) is 24.8 Å². The maximum atomic E-state index is 10.9. The molecule has 0 heterocycles. The molecule has 0 aliphatic heterocycles. The summed E-state index contributed by atoms with van der Waals surface area (Å²) in [4.78, 5) is 10.9. The van der Waals surface area contributed by atoms with Crippen LogP contribution in [0.25, 0.3) is 0 Å². The van der Waals surface area contributed by atoms with Gasteiger partial charge in [-0.25, -0.2) is 4.79 Å². The fourth-order valence-electron chi connectivity index (χ4n) is 0.968. The van der Waals surface area contributed by atoms with Gasteiger partial charge in [0.2, 0.25) is 0 Å². The highest BCUT2D eigenvalue weighted by Crippen LogP contribution is 2.11.